The number of likely N-dealkylation sites (tertiary alicyclic amines) is 1. The molecule has 11 heteroatoms. The number of carbonyl (C=O) groups is 2. The van der Waals surface area contributed by atoms with Crippen molar-refractivity contribution in [2.45, 2.75) is 63.1 Å². The van der Waals surface area contributed by atoms with E-state index in [1.54, 1.807) is 12.5 Å². The van der Waals surface area contributed by atoms with Gasteiger partial charge >= 0.3 is 12.5 Å². The molecule has 3 aliphatic carbocycles. The Morgan fingerprint density at radius 1 is 1.23 bits per heavy atom. The van der Waals surface area contributed by atoms with Gasteiger partial charge in [-0.2, -0.15) is 0 Å². The van der Waals surface area contributed by atoms with E-state index in [1.807, 2.05) is 25.3 Å². The van der Waals surface area contributed by atoms with E-state index in [2.05, 4.69) is 15.0 Å². The molecular weight excluding hydrogens is 405 g/mol. The van der Waals surface area contributed by atoms with Crippen molar-refractivity contribution in [3.63, 3.8) is 0 Å². The number of nitrogens with zero attached hydrogens (tertiary/aromatic N) is 3. The minimum Gasteiger partial charge on any atom is -0.444 e. The third-order valence-corrected chi connectivity index (χ3v) is 5.84. The fourth-order valence-corrected chi connectivity index (χ4v) is 4.57. The molecule has 0 atom stereocenters. The highest BCUT2D eigenvalue weighted by atomic mass is 19.4. The Hall–Kier alpha value is -2.30. The Balaban J connectivity index is 1.26. The predicted molar refractivity (Wildman–Crippen MR) is 97.6 cm³/mol. The standard InChI is InChI=1S/C19H25F3N4O4/c1-16(2,3)30-15(28)24-17-8-18(9-17,10-17)26-6-13(23-11-26)14(27)25-4-12(5-25)7-29-19(20,21)22/h6,11-12H,4-5,7-10H2,1-3H3,(H,24,28). The summed E-state index contributed by atoms with van der Waals surface area (Å²) in [5.74, 6) is -0.626. The summed E-state index contributed by atoms with van der Waals surface area (Å²) in [4.78, 5) is 30.1. The Kier molecular flexibility index (Phi) is 4.61. The highest BCUT2D eigenvalue weighted by molar-refractivity contribution is 5.92. The van der Waals surface area contributed by atoms with Gasteiger partial charge in [0.15, 0.2) is 0 Å². The van der Waals surface area contributed by atoms with Crippen molar-refractivity contribution >= 4 is 12.0 Å². The van der Waals surface area contributed by atoms with Crippen LogP contribution in [-0.4, -0.2) is 63.7 Å². The molecule has 1 saturated heterocycles. The van der Waals surface area contributed by atoms with Crippen molar-refractivity contribution in [1.29, 1.82) is 0 Å². The first kappa shape index (κ1) is 21.0. The number of ether oxygens (including phenoxy) is 2. The lowest BCUT2D eigenvalue weighted by molar-refractivity contribution is -0.330. The summed E-state index contributed by atoms with van der Waals surface area (Å²) >= 11 is 0. The second-order valence-corrected chi connectivity index (χ2v) is 9.66. The lowest BCUT2D eigenvalue weighted by Crippen LogP contribution is -2.78. The maximum absolute atomic E-state index is 12.5. The van der Waals surface area contributed by atoms with Crippen LogP contribution in [0.3, 0.4) is 0 Å². The van der Waals surface area contributed by atoms with Crippen LogP contribution in [0.5, 0.6) is 0 Å². The van der Waals surface area contributed by atoms with Crippen LogP contribution < -0.4 is 5.32 Å². The third-order valence-electron chi connectivity index (χ3n) is 5.84. The summed E-state index contributed by atoms with van der Waals surface area (Å²) in [5.41, 5.74) is -0.706. The Labute approximate surface area is 171 Å². The molecule has 30 heavy (non-hydrogen) atoms. The molecule has 4 fully saturated rings. The van der Waals surface area contributed by atoms with Crippen molar-refractivity contribution < 1.29 is 32.2 Å². The van der Waals surface area contributed by atoms with Crippen LogP contribution in [0.15, 0.2) is 12.5 Å². The molecule has 2 amide bonds. The van der Waals surface area contributed by atoms with Crippen LogP contribution in [0.1, 0.15) is 50.5 Å². The quantitative estimate of drug-likeness (QED) is 0.776. The normalized spacial score (nSPS) is 28.3. The Morgan fingerprint density at radius 2 is 1.87 bits per heavy atom. The first-order valence-corrected chi connectivity index (χ1v) is 9.84. The maximum atomic E-state index is 12.5. The molecule has 1 N–H and O–H groups in total. The average Bonchev–Trinajstić information content (AvgIpc) is 2.94. The zero-order chi connectivity index (χ0) is 21.9. The summed E-state index contributed by atoms with van der Waals surface area (Å²) in [6.07, 6.45) is 0.421. The van der Waals surface area contributed by atoms with E-state index >= 15 is 0 Å². The molecule has 5 rings (SSSR count). The van der Waals surface area contributed by atoms with Crippen molar-refractivity contribution in [1.82, 2.24) is 19.8 Å². The average molecular weight is 430 g/mol. The van der Waals surface area contributed by atoms with E-state index in [4.69, 9.17) is 4.74 Å². The molecule has 1 aromatic heterocycles. The number of aromatic nitrogens is 2. The van der Waals surface area contributed by atoms with Crippen molar-refractivity contribution in [3.8, 4) is 0 Å². The molecule has 1 aliphatic heterocycles. The lowest BCUT2D eigenvalue weighted by atomic mass is 9.44. The molecule has 2 heterocycles. The molecule has 0 radical (unpaired) electrons. The van der Waals surface area contributed by atoms with Gasteiger partial charge in [0.05, 0.1) is 24.0 Å². The van der Waals surface area contributed by atoms with E-state index in [1.165, 1.54) is 4.90 Å². The third kappa shape index (κ3) is 3.99. The summed E-state index contributed by atoms with van der Waals surface area (Å²) < 4.78 is 47.3. The van der Waals surface area contributed by atoms with Gasteiger partial charge in [0, 0.05) is 25.2 Å². The van der Waals surface area contributed by atoms with Crippen molar-refractivity contribution in [2.24, 2.45) is 5.92 Å². The zero-order valence-corrected chi connectivity index (χ0v) is 17.1. The van der Waals surface area contributed by atoms with E-state index in [9.17, 15) is 22.8 Å². The van der Waals surface area contributed by atoms with Gasteiger partial charge in [0.2, 0.25) is 0 Å². The molecule has 4 aliphatic rings. The summed E-state index contributed by atoms with van der Waals surface area (Å²) in [7, 11) is 0. The van der Waals surface area contributed by atoms with Crippen LogP contribution in [-0.2, 0) is 15.0 Å². The fourth-order valence-electron chi connectivity index (χ4n) is 4.57. The van der Waals surface area contributed by atoms with Gasteiger partial charge in [0.1, 0.15) is 11.3 Å². The Bertz CT molecular complexity index is 835. The second-order valence-electron chi connectivity index (χ2n) is 9.66. The molecule has 166 valence electrons. The molecule has 0 spiro atoms. The number of imidazole rings is 1. The zero-order valence-electron chi connectivity index (χ0n) is 17.1. The summed E-state index contributed by atoms with van der Waals surface area (Å²) in [6, 6.07) is 0. The molecule has 3 saturated carbocycles. The Morgan fingerprint density at radius 3 is 2.43 bits per heavy atom. The summed E-state index contributed by atoms with van der Waals surface area (Å²) in [6.45, 7) is 5.42. The van der Waals surface area contributed by atoms with E-state index < -0.39 is 24.7 Å². The van der Waals surface area contributed by atoms with Gasteiger partial charge in [0.25, 0.3) is 5.91 Å². The number of hydrogen-bond acceptors (Lipinski definition) is 5. The highest BCUT2D eigenvalue weighted by Crippen LogP contribution is 2.65. The number of carbonyl (C=O) groups excluding carboxylic acids is 2. The number of hydrogen-bond donors (Lipinski definition) is 1. The van der Waals surface area contributed by atoms with Gasteiger partial charge in [-0.3, -0.25) is 9.53 Å². The van der Waals surface area contributed by atoms with Crippen LogP contribution >= 0.6 is 0 Å². The monoisotopic (exact) mass is 430 g/mol. The number of alkyl halides is 3. The first-order valence-electron chi connectivity index (χ1n) is 9.84. The van der Waals surface area contributed by atoms with E-state index in [0.717, 1.165) is 19.3 Å². The van der Waals surface area contributed by atoms with Crippen molar-refractivity contribution in [3.05, 3.63) is 18.2 Å². The molecule has 1 aromatic rings. The van der Waals surface area contributed by atoms with Crippen molar-refractivity contribution in [2.75, 3.05) is 19.7 Å². The maximum Gasteiger partial charge on any atom is 0.522 e. The number of halogens is 3. The smallest absolute Gasteiger partial charge is 0.444 e. The van der Waals surface area contributed by atoms with Crippen LogP contribution in [0.25, 0.3) is 0 Å². The second kappa shape index (κ2) is 6.60. The molecule has 8 nitrogen and oxygen atoms in total. The van der Waals surface area contributed by atoms with Gasteiger partial charge in [-0.15, -0.1) is 13.2 Å². The van der Waals surface area contributed by atoms with Gasteiger partial charge in [-0.25, -0.2) is 9.78 Å². The number of alkyl carbamates (subject to hydrolysis) is 1. The SMILES string of the molecule is CC(C)(C)OC(=O)NC12CC(n3cnc(C(=O)N4CC(COC(F)(F)F)C4)c3)(C1)C2. The number of amides is 2. The van der Waals surface area contributed by atoms with Crippen LogP contribution in [0, 0.1) is 5.92 Å². The highest BCUT2D eigenvalue weighted by Gasteiger charge is 2.70. The van der Waals surface area contributed by atoms with Gasteiger partial charge in [-0.1, -0.05) is 0 Å². The number of rotatable bonds is 5. The fraction of sp³-hybridized carbons (Fsp3) is 0.737. The van der Waals surface area contributed by atoms with Gasteiger partial charge in [-0.05, 0) is 40.0 Å². The largest absolute Gasteiger partial charge is 0.522 e. The van der Waals surface area contributed by atoms with E-state index in [0.29, 0.717) is 0 Å². The predicted octanol–water partition coefficient (Wildman–Crippen LogP) is 2.65. The van der Waals surface area contributed by atoms with Crippen LogP contribution in [0.4, 0.5) is 18.0 Å². The number of nitrogens with one attached hydrogen (secondary N) is 1. The molecule has 0 unspecified atom stereocenters. The van der Waals surface area contributed by atoms with Crippen LogP contribution in [0.2, 0.25) is 0 Å². The molecule has 2 bridgehead atoms. The molecular formula is C19H25F3N4O4. The molecule has 0 aromatic carbocycles. The first-order chi connectivity index (χ1) is 13.8. The minimum atomic E-state index is -4.65. The minimum absolute atomic E-state index is 0.154. The van der Waals surface area contributed by atoms with Gasteiger partial charge < -0.3 is 19.5 Å². The van der Waals surface area contributed by atoms with E-state index in [-0.39, 0.29) is 41.7 Å². The topological polar surface area (TPSA) is 85.7 Å². The summed E-state index contributed by atoms with van der Waals surface area (Å²) in [5, 5.41) is 2.94. The lowest BCUT2D eigenvalue weighted by Gasteiger charge is -2.70.